The Kier molecular flexibility index (Phi) is 6.83. The van der Waals surface area contributed by atoms with E-state index in [2.05, 4.69) is 39.0 Å². The van der Waals surface area contributed by atoms with Crippen LogP contribution in [0.5, 0.6) is 0 Å². The fourth-order valence-corrected chi connectivity index (χ4v) is 1.97. The zero-order valence-corrected chi connectivity index (χ0v) is 11.0. The predicted molar refractivity (Wildman–Crippen MR) is 66.0 cm³/mol. The summed E-state index contributed by atoms with van der Waals surface area (Å²) in [6.07, 6.45) is 3.36. The van der Waals surface area contributed by atoms with Crippen molar-refractivity contribution in [1.82, 2.24) is 4.90 Å². The van der Waals surface area contributed by atoms with Crippen molar-refractivity contribution in [1.29, 1.82) is 0 Å². The number of hydrogen-bond acceptors (Lipinski definition) is 3. The van der Waals surface area contributed by atoms with Crippen LogP contribution in [0.15, 0.2) is 0 Å². The predicted octanol–water partition coefficient (Wildman–Crippen LogP) is 2.08. The smallest absolute Gasteiger partial charge is 0.0494 e. The van der Waals surface area contributed by atoms with Crippen LogP contribution in [0.4, 0.5) is 0 Å². The molecule has 2 nitrogen and oxygen atoms in total. The average molecular weight is 219 g/mol. The molecule has 3 heteroatoms. The van der Waals surface area contributed by atoms with E-state index < -0.39 is 0 Å². The van der Waals surface area contributed by atoms with Gasteiger partial charge in [0.15, 0.2) is 0 Å². The highest BCUT2D eigenvalue weighted by Gasteiger charge is 2.21. The highest BCUT2D eigenvalue weighted by Crippen LogP contribution is 2.17. The summed E-state index contributed by atoms with van der Waals surface area (Å²) in [5.74, 6) is 1.21. The first-order valence-electron chi connectivity index (χ1n) is 5.23. The van der Waals surface area contributed by atoms with Gasteiger partial charge in [-0.3, -0.25) is 0 Å². The summed E-state index contributed by atoms with van der Waals surface area (Å²) in [6, 6.07) is 0.605. The van der Waals surface area contributed by atoms with Gasteiger partial charge in [-0.05, 0) is 32.4 Å². The second-order valence-electron chi connectivity index (χ2n) is 4.87. The van der Waals surface area contributed by atoms with E-state index in [1.165, 1.54) is 12.2 Å². The lowest BCUT2D eigenvalue weighted by Crippen LogP contribution is -2.39. The Morgan fingerprint density at radius 3 is 2.43 bits per heavy atom. The lowest BCUT2D eigenvalue weighted by molar-refractivity contribution is 0.0979. The van der Waals surface area contributed by atoms with E-state index in [0.717, 1.165) is 6.54 Å². The SMILES string of the molecule is CSCCC(C)N(C)CC(C)(C)CO. The van der Waals surface area contributed by atoms with Gasteiger partial charge < -0.3 is 10.0 Å². The van der Waals surface area contributed by atoms with Crippen LogP contribution in [0.1, 0.15) is 27.2 Å². The number of nitrogens with zero attached hydrogens (tertiary/aromatic N) is 1. The first kappa shape index (κ1) is 14.3. The molecule has 0 rings (SSSR count). The largest absolute Gasteiger partial charge is 0.396 e. The topological polar surface area (TPSA) is 23.5 Å². The van der Waals surface area contributed by atoms with Gasteiger partial charge in [0.2, 0.25) is 0 Å². The van der Waals surface area contributed by atoms with Crippen molar-refractivity contribution in [2.24, 2.45) is 5.41 Å². The van der Waals surface area contributed by atoms with Crippen LogP contribution in [-0.2, 0) is 0 Å². The Balaban J connectivity index is 3.87. The van der Waals surface area contributed by atoms with E-state index >= 15 is 0 Å². The van der Waals surface area contributed by atoms with Gasteiger partial charge in [0, 0.05) is 24.6 Å². The molecular formula is C11H25NOS. The second kappa shape index (κ2) is 6.70. The maximum absolute atomic E-state index is 9.17. The minimum atomic E-state index is 0.0162. The molecule has 0 saturated heterocycles. The van der Waals surface area contributed by atoms with Gasteiger partial charge in [-0.2, -0.15) is 11.8 Å². The summed E-state index contributed by atoms with van der Waals surface area (Å²) in [4.78, 5) is 2.34. The molecule has 1 unspecified atom stereocenters. The molecule has 1 atom stereocenters. The highest BCUT2D eigenvalue weighted by atomic mass is 32.2. The zero-order chi connectivity index (χ0) is 11.2. The van der Waals surface area contributed by atoms with Gasteiger partial charge >= 0.3 is 0 Å². The number of hydrogen-bond donors (Lipinski definition) is 1. The number of rotatable bonds is 7. The van der Waals surface area contributed by atoms with Gasteiger partial charge in [0.25, 0.3) is 0 Å². The number of aliphatic hydroxyl groups excluding tert-OH is 1. The van der Waals surface area contributed by atoms with E-state index in [1.807, 2.05) is 11.8 Å². The summed E-state index contributed by atoms with van der Waals surface area (Å²) in [6.45, 7) is 7.67. The van der Waals surface area contributed by atoms with Gasteiger partial charge in [-0.25, -0.2) is 0 Å². The zero-order valence-electron chi connectivity index (χ0n) is 10.2. The monoisotopic (exact) mass is 219 g/mol. The standard InChI is InChI=1S/C11H25NOS/c1-10(6-7-14-5)12(4)8-11(2,3)9-13/h10,13H,6-9H2,1-5H3. The van der Waals surface area contributed by atoms with Crippen LogP contribution >= 0.6 is 11.8 Å². The Labute approximate surface area is 93.1 Å². The first-order chi connectivity index (χ1) is 6.43. The van der Waals surface area contributed by atoms with E-state index in [-0.39, 0.29) is 12.0 Å². The van der Waals surface area contributed by atoms with Crippen LogP contribution in [-0.4, -0.2) is 48.3 Å². The van der Waals surface area contributed by atoms with E-state index in [9.17, 15) is 0 Å². The van der Waals surface area contributed by atoms with Crippen molar-refractivity contribution >= 4 is 11.8 Å². The molecule has 0 saturated carbocycles. The molecule has 1 N–H and O–H groups in total. The first-order valence-corrected chi connectivity index (χ1v) is 6.62. The van der Waals surface area contributed by atoms with Crippen LogP contribution in [0.2, 0.25) is 0 Å². The molecule has 0 aromatic rings. The fourth-order valence-electron chi connectivity index (χ4n) is 1.39. The van der Waals surface area contributed by atoms with Gasteiger partial charge in [-0.1, -0.05) is 13.8 Å². The molecule has 0 radical (unpaired) electrons. The molecule has 86 valence electrons. The summed E-state index contributed by atoms with van der Waals surface area (Å²) < 4.78 is 0. The minimum absolute atomic E-state index is 0.0162. The lowest BCUT2D eigenvalue weighted by Gasteiger charge is -2.32. The summed E-state index contributed by atoms with van der Waals surface area (Å²) in [5.41, 5.74) is 0.0162. The maximum Gasteiger partial charge on any atom is 0.0494 e. The molecular weight excluding hydrogens is 194 g/mol. The van der Waals surface area contributed by atoms with Crippen molar-refractivity contribution in [3.05, 3.63) is 0 Å². The molecule has 0 aliphatic rings. The molecule has 0 fully saturated rings. The third kappa shape index (κ3) is 5.89. The van der Waals surface area contributed by atoms with Gasteiger partial charge in [0.05, 0.1) is 0 Å². The van der Waals surface area contributed by atoms with Crippen molar-refractivity contribution in [2.45, 2.75) is 33.2 Å². The maximum atomic E-state index is 9.17. The summed E-state index contributed by atoms with van der Waals surface area (Å²) in [5, 5.41) is 9.17. The van der Waals surface area contributed by atoms with E-state index in [4.69, 9.17) is 5.11 Å². The molecule has 0 aromatic carbocycles. The summed E-state index contributed by atoms with van der Waals surface area (Å²) >= 11 is 1.90. The fraction of sp³-hybridized carbons (Fsp3) is 1.00. The molecule has 0 bridgehead atoms. The normalized spacial score (nSPS) is 14.8. The lowest BCUT2D eigenvalue weighted by atomic mass is 9.93. The third-order valence-electron chi connectivity index (χ3n) is 2.60. The average Bonchev–Trinajstić information content (AvgIpc) is 2.13. The minimum Gasteiger partial charge on any atom is -0.396 e. The van der Waals surface area contributed by atoms with Gasteiger partial charge in [0.1, 0.15) is 0 Å². The second-order valence-corrected chi connectivity index (χ2v) is 5.85. The summed E-state index contributed by atoms with van der Waals surface area (Å²) in [7, 11) is 2.14. The van der Waals surface area contributed by atoms with Crippen molar-refractivity contribution in [3.63, 3.8) is 0 Å². The van der Waals surface area contributed by atoms with Crippen molar-refractivity contribution < 1.29 is 5.11 Å². The quantitative estimate of drug-likeness (QED) is 0.709. The Hall–Kier alpha value is 0.270. The molecule has 0 aliphatic carbocycles. The Bertz CT molecular complexity index is 150. The van der Waals surface area contributed by atoms with E-state index in [0.29, 0.717) is 6.04 Å². The molecule has 0 amide bonds. The van der Waals surface area contributed by atoms with Crippen molar-refractivity contribution in [2.75, 3.05) is 32.2 Å². The number of thioether (sulfide) groups is 1. The van der Waals surface area contributed by atoms with E-state index in [1.54, 1.807) is 0 Å². The van der Waals surface area contributed by atoms with Crippen LogP contribution in [0.3, 0.4) is 0 Å². The van der Waals surface area contributed by atoms with Crippen LogP contribution in [0, 0.1) is 5.41 Å². The Morgan fingerprint density at radius 2 is 2.00 bits per heavy atom. The van der Waals surface area contributed by atoms with Crippen molar-refractivity contribution in [3.8, 4) is 0 Å². The van der Waals surface area contributed by atoms with Crippen LogP contribution in [0.25, 0.3) is 0 Å². The molecule has 0 heterocycles. The van der Waals surface area contributed by atoms with Gasteiger partial charge in [-0.15, -0.1) is 0 Å². The number of aliphatic hydroxyl groups is 1. The third-order valence-corrected chi connectivity index (χ3v) is 3.24. The molecule has 0 aromatic heterocycles. The highest BCUT2D eigenvalue weighted by molar-refractivity contribution is 7.98. The Morgan fingerprint density at radius 1 is 1.43 bits per heavy atom. The molecule has 0 spiro atoms. The molecule has 0 aliphatic heterocycles. The molecule has 14 heavy (non-hydrogen) atoms. The van der Waals surface area contributed by atoms with Crippen LogP contribution < -0.4 is 0 Å².